The zero-order chi connectivity index (χ0) is 26.8. The number of ether oxygens (including phenoxy) is 3. The molecule has 1 fully saturated rings. The molecule has 3 unspecified atom stereocenters. The van der Waals surface area contributed by atoms with Gasteiger partial charge in [-0.1, -0.05) is 54.5 Å². The largest absolute Gasteiger partial charge is 0.496 e. The van der Waals surface area contributed by atoms with Crippen molar-refractivity contribution in [2.75, 3.05) is 21.3 Å². The van der Waals surface area contributed by atoms with Crippen LogP contribution in [0.5, 0.6) is 17.2 Å². The molecule has 3 aromatic rings. The quantitative estimate of drug-likeness (QED) is 0.275. The van der Waals surface area contributed by atoms with Gasteiger partial charge in [-0.05, 0) is 55.4 Å². The minimum Gasteiger partial charge on any atom is -0.496 e. The Morgan fingerprint density at radius 1 is 0.947 bits per heavy atom. The zero-order valence-electron chi connectivity index (χ0n) is 22.9. The number of furan rings is 1. The van der Waals surface area contributed by atoms with Crippen molar-refractivity contribution < 1.29 is 23.4 Å². The van der Waals surface area contributed by atoms with Crippen LogP contribution in [0, 0.1) is 11.8 Å². The van der Waals surface area contributed by atoms with E-state index in [1.807, 2.05) is 30.3 Å². The predicted molar refractivity (Wildman–Crippen MR) is 149 cm³/mol. The fourth-order valence-electron chi connectivity index (χ4n) is 5.87. The Morgan fingerprint density at radius 3 is 2.26 bits per heavy atom. The summed E-state index contributed by atoms with van der Waals surface area (Å²) in [5.74, 6) is 3.58. The molecule has 0 bridgehead atoms. The highest BCUT2D eigenvalue weighted by Crippen LogP contribution is 2.51. The third-order valence-electron chi connectivity index (χ3n) is 8.14. The van der Waals surface area contributed by atoms with Gasteiger partial charge in [0.2, 0.25) is 5.78 Å². The van der Waals surface area contributed by atoms with Crippen LogP contribution in [0.15, 0.2) is 76.2 Å². The summed E-state index contributed by atoms with van der Waals surface area (Å²) in [4.78, 5) is 13.6. The topological polar surface area (TPSA) is 57.9 Å². The highest BCUT2D eigenvalue weighted by Gasteiger charge is 2.42. The first-order valence-electron chi connectivity index (χ1n) is 13.3. The van der Waals surface area contributed by atoms with E-state index in [1.165, 1.54) is 22.3 Å². The minimum atomic E-state index is -0.173. The van der Waals surface area contributed by atoms with Gasteiger partial charge in [0, 0.05) is 36.0 Å². The molecule has 2 aliphatic rings. The molecular formula is C33H36O5. The molecule has 38 heavy (non-hydrogen) atoms. The normalized spacial score (nSPS) is 21.0. The SMILES string of the molecule is COc1cc(OC)c(C2CCC2C(=O)c2ccc(CC3=CC(c4ccccc4)=C(C)CC3C)o2)c(OC)c1. The number of carbonyl (C=O) groups is 1. The van der Waals surface area contributed by atoms with E-state index in [0.29, 0.717) is 35.3 Å². The molecule has 0 aliphatic heterocycles. The van der Waals surface area contributed by atoms with Gasteiger partial charge in [-0.15, -0.1) is 0 Å². The second kappa shape index (κ2) is 10.9. The molecule has 2 aromatic carbocycles. The third kappa shape index (κ3) is 4.90. The third-order valence-corrected chi connectivity index (χ3v) is 8.14. The maximum absolute atomic E-state index is 13.6. The molecule has 2 aliphatic carbocycles. The Balaban J connectivity index is 1.35. The van der Waals surface area contributed by atoms with Gasteiger partial charge in [0.15, 0.2) is 5.76 Å². The van der Waals surface area contributed by atoms with Crippen LogP contribution >= 0.6 is 0 Å². The van der Waals surface area contributed by atoms with E-state index in [9.17, 15) is 4.79 Å². The van der Waals surface area contributed by atoms with E-state index in [-0.39, 0.29) is 17.6 Å². The number of rotatable bonds is 9. The van der Waals surface area contributed by atoms with Crippen molar-refractivity contribution in [3.8, 4) is 17.2 Å². The van der Waals surface area contributed by atoms with Crippen molar-refractivity contribution in [2.45, 2.75) is 45.4 Å². The number of ketones is 1. The highest BCUT2D eigenvalue weighted by molar-refractivity contribution is 5.97. The molecule has 1 saturated carbocycles. The lowest BCUT2D eigenvalue weighted by Gasteiger charge is -2.36. The fraction of sp³-hybridized carbons (Fsp3) is 0.364. The smallest absolute Gasteiger partial charge is 0.201 e. The van der Waals surface area contributed by atoms with Gasteiger partial charge in [-0.25, -0.2) is 0 Å². The lowest BCUT2D eigenvalue weighted by Crippen LogP contribution is -2.31. The summed E-state index contributed by atoms with van der Waals surface area (Å²) in [6, 6.07) is 18.0. The number of methoxy groups -OCH3 is 3. The monoisotopic (exact) mass is 512 g/mol. The van der Waals surface area contributed by atoms with Crippen molar-refractivity contribution in [2.24, 2.45) is 11.8 Å². The Morgan fingerprint density at radius 2 is 1.66 bits per heavy atom. The molecule has 5 heteroatoms. The van der Waals surface area contributed by atoms with Gasteiger partial charge in [0.05, 0.1) is 21.3 Å². The van der Waals surface area contributed by atoms with Crippen LogP contribution in [0.25, 0.3) is 5.57 Å². The van der Waals surface area contributed by atoms with Crippen LogP contribution in [0.2, 0.25) is 0 Å². The molecule has 5 nitrogen and oxygen atoms in total. The maximum Gasteiger partial charge on any atom is 0.201 e. The van der Waals surface area contributed by atoms with E-state index < -0.39 is 0 Å². The molecular weight excluding hydrogens is 476 g/mol. The first kappa shape index (κ1) is 25.9. The molecule has 1 aromatic heterocycles. The Kier molecular flexibility index (Phi) is 7.46. The highest BCUT2D eigenvalue weighted by atomic mass is 16.5. The van der Waals surface area contributed by atoms with Gasteiger partial charge < -0.3 is 18.6 Å². The Hall–Kier alpha value is -3.73. The lowest BCUT2D eigenvalue weighted by atomic mass is 9.67. The number of carbonyl (C=O) groups excluding carboxylic acids is 1. The number of hydrogen-bond donors (Lipinski definition) is 0. The Bertz CT molecular complexity index is 1350. The first-order chi connectivity index (χ1) is 18.4. The predicted octanol–water partition coefficient (Wildman–Crippen LogP) is 7.66. The van der Waals surface area contributed by atoms with Crippen LogP contribution < -0.4 is 14.2 Å². The molecule has 198 valence electrons. The lowest BCUT2D eigenvalue weighted by molar-refractivity contribution is 0.0784. The molecule has 0 N–H and O–H groups in total. The summed E-state index contributed by atoms with van der Waals surface area (Å²) in [6.45, 7) is 4.48. The maximum atomic E-state index is 13.6. The second-order valence-corrected chi connectivity index (χ2v) is 10.4. The van der Waals surface area contributed by atoms with Crippen LogP contribution in [-0.2, 0) is 6.42 Å². The molecule has 1 heterocycles. The Labute approximate surface area is 225 Å². The molecule has 0 radical (unpaired) electrons. The van der Waals surface area contributed by atoms with E-state index in [1.54, 1.807) is 21.3 Å². The van der Waals surface area contributed by atoms with Crippen molar-refractivity contribution in [1.82, 2.24) is 0 Å². The van der Waals surface area contributed by atoms with Crippen LogP contribution in [0.4, 0.5) is 0 Å². The van der Waals surface area contributed by atoms with E-state index in [4.69, 9.17) is 18.6 Å². The number of Topliss-reactive ketones (excluding diaryl/α,β-unsaturated/α-hetero) is 1. The minimum absolute atomic E-state index is 0.00877. The molecule has 3 atom stereocenters. The summed E-state index contributed by atoms with van der Waals surface area (Å²) in [7, 11) is 4.88. The fourth-order valence-corrected chi connectivity index (χ4v) is 5.87. The number of benzene rings is 2. The summed E-state index contributed by atoms with van der Waals surface area (Å²) in [5.41, 5.74) is 6.19. The van der Waals surface area contributed by atoms with Gasteiger partial charge >= 0.3 is 0 Å². The molecule has 0 spiro atoms. The van der Waals surface area contributed by atoms with E-state index in [2.05, 4.69) is 44.2 Å². The molecule has 5 rings (SSSR count). The number of hydrogen-bond acceptors (Lipinski definition) is 5. The van der Waals surface area contributed by atoms with Crippen molar-refractivity contribution in [3.05, 3.63) is 94.5 Å². The van der Waals surface area contributed by atoms with Gasteiger partial charge in [-0.2, -0.15) is 0 Å². The average molecular weight is 513 g/mol. The summed E-state index contributed by atoms with van der Waals surface area (Å²) < 4.78 is 22.9. The van der Waals surface area contributed by atoms with Gasteiger partial charge in [0.1, 0.15) is 23.0 Å². The number of allylic oxidation sites excluding steroid dienone is 4. The van der Waals surface area contributed by atoms with Gasteiger partial charge in [-0.3, -0.25) is 4.79 Å². The van der Waals surface area contributed by atoms with E-state index in [0.717, 1.165) is 30.6 Å². The van der Waals surface area contributed by atoms with Gasteiger partial charge in [0.25, 0.3) is 0 Å². The van der Waals surface area contributed by atoms with Crippen LogP contribution in [0.3, 0.4) is 0 Å². The molecule has 0 saturated heterocycles. The van der Waals surface area contributed by atoms with Crippen LogP contribution in [0.1, 0.15) is 66.5 Å². The standard InChI is InChI=1S/C33H36O5/c1-20-15-21(2)28(22-9-7-6-8-10-22)17-23(20)16-24-11-14-29(38-24)33(34)27-13-12-26(27)32-30(36-4)18-25(35-3)19-31(32)37-5/h6-11,14,17-20,26-27H,12-13,15-16H2,1-5H3. The van der Waals surface area contributed by atoms with Crippen molar-refractivity contribution >= 4 is 11.4 Å². The summed E-state index contributed by atoms with van der Waals surface area (Å²) >= 11 is 0. The zero-order valence-corrected chi connectivity index (χ0v) is 22.9. The first-order valence-corrected chi connectivity index (χ1v) is 13.3. The van der Waals surface area contributed by atoms with E-state index >= 15 is 0 Å². The summed E-state index contributed by atoms with van der Waals surface area (Å²) in [5, 5.41) is 0. The van der Waals surface area contributed by atoms with Crippen molar-refractivity contribution in [3.63, 3.8) is 0 Å². The molecule has 0 amide bonds. The van der Waals surface area contributed by atoms with Crippen LogP contribution in [-0.4, -0.2) is 27.1 Å². The summed E-state index contributed by atoms with van der Waals surface area (Å²) in [6.07, 6.45) is 5.74. The average Bonchev–Trinajstić information content (AvgIpc) is 3.38. The van der Waals surface area contributed by atoms with Crippen molar-refractivity contribution in [1.29, 1.82) is 0 Å². The second-order valence-electron chi connectivity index (χ2n) is 10.4.